The van der Waals surface area contributed by atoms with Crippen LogP contribution in [0.5, 0.6) is 0 Å². The van der Waals surface area contributed by atoms with Crippen LogP contribution in [0.4, 0.5) is 10.8 Å². The molecule has 0 saturated carbocycles. The van der Waals surface area contributed by atoms with E-state index in [0.717, 1.165) is 47.2 Å². The van der Waals surface area contributed by atoms with Crippen molar-refractivity contribution in [2.75, 3.05) is 37.4 Å². The zero-order chi connectivity index (χ0) is 22.7. The summed E-state index contributed by atoms with van der Waals surface area (Å²) in [6, 6.07) is 14.8. The Labute approximate surface area is 192 Å². The van der Waals surface area contributed by atoms with Gasteiger partial charge in [0.15, 0.2) is 5.13 Å². The molecule has 0 aliphatic carbocycles. The number of thiazole rings is 1. The first-order valence-corrected chi connectivity index (χ1v) is 12.7. The van der Waals surface area contributed by atoms with Crippen LogP contribution in [0, 0.1) is 0 Å². The number of nitrogens with one attached hydrogen (secondary N) is 1. The van der Waals surface area contributed by atoms with Crippen molar-refractivity contribution in [3.05, 3.63) is 70.7 Å². The molecule has 32 heavy (non-hydrogen) atoms. The van der Waals surface area contributed by atoms with Crippen LogP contribution in [0.1, 0.15) is 33.6 Å². The van der Waals surface area contributed by atoms with E-state index >= 15 is 0 Å². The van der Waals surface area contributed by atoms with Crippen molar-refractivity contribution in [2.24, 2.45) is 0 Å². The molecule has 1 aliphatic heterocycles. The van der Waals surface area contributed by atoms with Crippen molar-refractivity contribution >= 4 is 38.1 Å². The minimum absolute atomic E-state index is 0.0968. The second-order valence-corrected chi connectivity index (χ2v) is 11.2. The van der Waals surface area contributed by atoms with Gasteiger partial charge in [0.1, 0.15) is 0 Å². The van der Waals surface area contributed by atoms with Gasteiger partial charge in [-0.25, -0.2) is 17.7 Å². The Bertz CT molecular complexity index is 1200. The fraction of sp³-hybridized carbons (Fsp3) is 0.304. The quantitative estimate of drug-likeness (QED) is 0.567. The number of aromatic nitrogens is 1. The molecule has 2 heterocycles. The van der Waals surface area contributed by atoms with Crippen molar-refractivity contribution in [1.29, 1.82) is 0 Å². The van der Waals surface area contributed by atoms with Gasteiger partial charge in [0, 0.05) is 50.4 Å². The summed E-state index contributed by atoms with van der Waals surface area (Å²) in [6.07, 6.45) is 4.60. The summed E-state index contributed by atoms with van der Waals surface area (Å²) < 4.78 is 26.4. The molecule has 1 amide bonds. The lowest BCUT2D eigenvalue weighted by Crippen LogP contribution is -2.25. The van der Waals surface area contributed by atoms with Gasteiger partial charge < -0.3 is 4.90 Å². The number of hydrogen-bond acceptors (Lipinski definition) is 6. The van der Waals surface area contributed by atoms with Gasteiger partial charge in [-0.2, -0.15) is 0 Å². The first-order chi connectivity index (χ1) is 15.3. The van der Waals surface area contributed by atoms with E-state index in [4.69, 9.17) is 0 Å². The number of amides is 1. The van der Waals surface area contributed by atoms with Crippen molar-refractivity contribution in [1.82, 2.24) is 9.29 Å². The Hall–Kier alpha value is -2.75. The number of carbonyl (C=O) groups excluding carboxylic acids is 1. The third-order valence-electron chi connectivity index (χ3n) is 5.43. The topological polar surface area (TPSA) is 82.6 Å². The second-order valence-electron chi connectivity index (χ2n) is 7.91. The Kier molecular flexibility index (Phi) is 6.59. The number of benzene rings is 2. The minimum Gasteiger partial charge on any atom is -0.371 e. The zero-order valence-corrected chi connectivity index (χ0v) is 19.7. The van der Waals surface area contributed by atoms with Crippen LogP contribution in [0.15, 0.2) is 59.6 Å². The number of nitrogens with zero attached hydrogens (tertiary/aromatic N) is 3. The third-order valence-corrected chi connectivity index (χ3v) is 8.16. The van der Waals surface area contributed by atoms with Gasteiger partial charge in [0.2, 0.25) is 10.0 Å². The molecule has 1 aliphatic rings. The van der Waals surface area contributed by atoms with Crippen LogP contribution in [-0.4, -0.2) is 50.8 Å². The van der Waals surface area contributed by atoms with Crippen molar-refractivity contribution in [3.8, 4) is 0 Å². The lowest BCUT2D eigenvalue weighted by Gasteiger charge is -2.22. The molecule has 0 unspecified atom stereocenters. The maximum Gasteiger partial charge on any atom is 0.259 e. The van der Waals surface area contributed by atoms with Crippen LogP contribution < -0.4 is 10.2 Å². The molecule has 4 rings (SSSR count). The summed E-state index contributed by atoms with van der Waals surface area (Å²) in [5.74, 6) is -0.358. The Morgan fingerprint density at radius 1 is 1.12 bits per heavy atom. The van der Waals surface area contributed by atoms with E-state index in [1.54, 1.807) is 18.3 Å². The summed E-state index contributed by atoms with van der Waals surface area (Å²) in [5, 5.41) is 3.36. The third kappa shape index (κ3) is 4.85. The number of carbonyl (C=O) groups is 1. The average Bonchev–Trinajstić information content (AvgIpc) is 3.46. The number of rotatable bonds is 7. The summed E-state index contributed by atoms with van der Waals surface area (Å²) in [5.41, 5.74) is 2.26. The largest absolute Gasteiger partial charge is 0.371 e. The molecule has 1 aromatic heterocycles. The zero-order valence-electron chi connectivity index (χ0n) is 18.1. The van der Waals surface area contributed by atoms with Gasteiger partial charge in [-0.1, -0.05) is 30.3 Å². The minimum atomic E-state index is -3.65. The van der Waals surface area contributed by atoms with Gasteiger partial charge >= 0.3 is 0 Å². The van der Waals surface area contributed by atoms with Gasteiger partial charge in [-0.15, -0.1) is 11.3 Å². The Balaban J connectivity index is 1.60. The summed E-state index contributed by atoms with van der Waals surface area (Å²) in [7, 11) is -0.696. The standard InChI is InChI=1S/C23H26N4O3S2/c1-26(2)32(29,30)19-10-11-21(27-12-6-7-13-27)20(15-19)22(28)25-23-24-16-18(31-23)14-17-8-4-3-5-9-17/h3-5,8-11,15-16H,6-7,12-14H2,1-2H3,(H,24,25,28). The summed E-state index contributed by atoms with van der Waals surface area (Å²) >= 11 is 1.42. The van der Waals surface area contributed by atoms with Crippen LogP contribution >= 0.6 is 11.3 Å². The molecule has 2 aromatic carbocycles. The van der Waals surface area contributed by atoms with Crippen molar-refractivity contribution in [2.45, 2.75) is 24.2 Å². The van der Waals surface area contributed by atoms with Crippen LogP contribution in [0.3, 0.4) is 0 Å². The molecular formula is C23H26N4O3S2. The molecule has 0 radical (unpaired) electrons. The molecule has 0 bridgehead atoms. The fourth-order valence-electron chi connectivity index (χ4n) is 3.71. The molecule has 0 spiro atoms. The van der Waals surface area contributed by atoms with E-state index in [9.17, 15) is 13.2 Å². The predicted octanol–water partition coefficient (Wildman–Crippen LogP) is 3.84. The SMILES string of the molecule is CN(C)S(=O)(=O)c1ccc(N2CCCC2)c(C(=O)Nc2ncc(Cc3ccccc3)s2)c1. The monoisotopic (exact) mass is 470 g/mol. The molecule has 7 nitrogen and oxygen atoms in total. The predicted molar refractivity (Wildman–Crippen MR) is 128 cm³/mol. The van der Waals surface area contributed by atoms with E-state index in [0.29, 0.717) is 10.7 Å². The Morgan fingerprint density at radius 3 is 2.53 bits per heavy atom. The smallest absolute Gasteiger partial charge is 0.259 e. The van der Waals surface area contributed by atoms with E-state index in [1.165, 1.54) is 37.1 Å². The van der Waals surface area contributed by atoms with E-state index in [1.807, 2.05) is 18.2 Å². The molecule has 1 fully saturated rings. The highest BCUT2D eigenvalue weighted by molar-refractivity contribution is 7.89. The first-order valence-electron chi connectivity index (χ1n) is 10.5. The van der Waals surface area contributed by atoms with Crippen LogP contribution in [0.25, 0.3) is 0 Å². The molecule has 0 atom stereocenters. The van der Waals surface area contributed by atoms with E-state index in [2.05, 4.69) is 27.3 Å². The van der Waals surface area contributed by atoms with Gasteiger partial charge in [0.05, 0.1) is 10.5 Å². The highest BCUT2D eigenvalue weighted by Gasteiger charge is 2.25. The number of sulfonamides is 1. The van der Waals surface area contributed by atoms with Crippen LogP contribution in [0.2, 0.25) is 0 Å². The molecule has 1 N–H and O–H groups in total. The molecule has 1 saturated heterocycles. The molecule has 3 aromatic rings. The van der Waals surface area contributed by atoms with Gasteiger partial charge in [-0.3, -0.25) is 10.1 Å². The maximum absolute atomic E-state index is 13.2. The lowest BCUT2D eigenvalue weighted by atomic mass is 10.1. The summed E-state index contributed by atoms with van der Waals surface area (Å²) in [4.78, 5) is 20.8. The molecule has 168 valence electrons. The van der Waals surface area contributed by atoms with E-state index < -0.39 is 10.0 Å². The normalized spacial score (nSPS) is 14.2. The van der Waals surface area contributed by atoms with Gasteiger partial charge in [-0.05, 0) is 36.6 Å². The Morgan fingerprint density at radius 2 is 1.84 bits per heavy atom. The lowest BCUT2D eigenvalue weighted by molar-refractivity contribution is 0.102. The van der Waals surface area contributed by atoms with Gasteiger partial charge in [0.25, 0.3) is 5.91 Å². The van der Waals surface area contributed by atoms with Crippen molar-refractivity contribution < 1.29 is 13.2 Å². The van der Waals surface area contributed by atoms with E-state index in [-0.39, 0.29) is 10.8 Å². The highest BCUT2D eigenvalue weighted by Crippen LogP contribution is 2.29. The number of anilines is 2. The highest BCUT2D eigenvalue weighted by atomic mass is 32.2. The van der Waals surface area contributed by atoms with Crippen molar-refractivity contribution in [3.63, 3.8) is 0 Å². The second kappa shape index (κ2) is 9.40. The first kappa shape index (κ1) is 22.4. The molecular weight excluding hydrogens is 444 g/mol. The average molecular weight is 471 g/mol. The summed E-state index contributed by atoms with van der Waals surface area (Å²) in [6.45, 7) is 1.69. The van der Waals surface area contributed by atoms with Crippen LogP contribution in [-0.2, 0) is 16.4 Å². The fourth-order valence-corrected chi connectivity index (χ4v) is 5.48. The maximum atomic E-state index is 13.2. The number of hydrogen-bond donors (Lipinski definition) is 1. The molecule has 9 heteroatoms.